The number of ketones is 1. The van der Waals surface area contributed by atoms with Crippen molar-refractivity contribution in [3.63, 3.8) is 0 Å². The molecule has 3 aliphatic rings. The standard InChI is InChI=1S/C19H24O4/c1-12-15-8-9-16(23-15)18(2)17(14(20)10-19(12,18)21)22-11-13-6-4-3-5-7-13/h3-7,12,15-17,21H,8-11H2,1-2H3/t12-,15+,16-,17-,18+,19-/m0/s1. The Morgan fingerprint density at radius 3 is 2.78 bits per heavy atom. The quantitative estimate of drug-likeness (QED) is 0.931. The predicted molar refractivity (Wildman–Crippen MR) is 84.8 cm³/mol. The Hall–Kier alpha value is -1.23. The van der Waals surface area contributed by atoms with Gasteiger partial charge in [-0.3, -0.25) is 4.79 Å². The molecule has 0 aromatic heterocycles. The minimum atomic E-state index is -1.02. The van der Waals surface area contributed by atoms with Crippen LogP contribution in [0.4, 0.5) is 0 Å². The van der Waals surface area contributed by atoms with Gasteiger partial charge in [0.25, 0.3) is 0 Å². The van der Waals surface area contributed by atoms with Gasteiger partial charge in [0.1, 0.15) is 6.10 Å². The SMILES string of the molecule is C[C@H]1[C@H]2CC[C@H](O2)[C@]2(C)[C@@H](OCc3ccccc3)C(=O)C[C@]12O. The van der Waals surface area contributed by atoms with Crippen LogP contribution in [0.5, 0.6) is 0 Å². The van der Waals surface area contributed by atoms with E-state index in [1.165, 1.54) is 0 Å². The molecule has 2 saturated heterocycles. The molecule has 4 nitrogen and oxygen atoms in total. The second-order valence-electron chi connectivity index (χ2n) is 7.56. The van der Waals surface area contributed by atoms with Gasteiger partial charge in [-0.05, 0) is 18.4 Å². The third kappa shape index (κ3) is 1.98. The molecule has 2 aliphatic heterocycles. The summed E-state index contributed by atoms with van der Waals surface area (Å²) >= 11 is 0. The summed E-state index contributed by atoms with van der Waals surface area (Å²) in [5, 5.41) is 11.4. The van der Waals surface area contributed by atoms with Crippen molar-refractivity contribution in [3.8, 4) is 0 Å². The minimum Gasteiger partial charge on any atom is -0.388 e. The van der Waals surface area contributed by atoms with Crippen LogP contribution in [-0.4, -0.2) is 34.8 Å². The maximum absolute atomic E-state index is 12.7. The Labute approximate surface area is 136 Å². The monoisotopic (exact) mass is 316 g/mol. The first-order chi connectivity index (χ1) is 11.0. The third-order valence-corrected chi connectivity index (χ3v) is 6.51. The number of benzene rings is 1. The van der Waals surface area contributed by atoms with Gasteiger partial charge >= 0.3 is 0 Å². The number of ether oxygens (including phenoxy) is 2. The van der Waals surface area contributed by atoms with Gasteiger partial charge in [-0.2, -0.15) is 0 Å². The first kappa shape index (κ1) is 15.3. The molecule has 1 aliphatic carbocycles. The summed E-state index contributed by atoms with van der Waals surface area (Å²) in [6, 6.07) is 9.85. The van der Waals surface area contributed by atoms with Gasteiger partial charge in [0, 0.05) is 12.3 Å². The summed E-state index contributed by atoms with van der Waals surface area (Å²) in [6.45, 7) is 4.38. The molecule has 1 N–H and O–H groups in total. The molecule has 4 heteroatoms. The third-order valence-electron chi connectivity index (χ3n) is 6.51. The summed E-state index contributed by atoms with van der Waals surface area (Å²) in [4.78, 5) is 12.7. The van der Waals surface area contributed by atoms with Crippen molar-refractivity contribution in [2.45, 2.75) is 63.6 Å². The Balaban J connectivity index is 1.63. The first-order valence-corrected chi connectivity index (χ1v) is 8.53. The van der Waals surface area contributed by atoms with E-state index >= 15 is 0 Å². The molecule has 0 unspecified atom stereocenters. The zero-order valence-electron chi connectivity index (χ0n) is 13.7. The first-order valence-electron chi connectivity index (χ1n) is 8.53. The van der Waals surface area contributed by atoms with Crippen LogP contribution in [0.25, 0.3) is 0 Å². The number of hydrogen-bond donors (Lipinski definition) is 1. The lowest BCUT2D eigenvalue weighted by Crippen LogP contribution is -2.63. The summed E-state index contributed by atoms with van der Waals surface area (Å²) in [5.41, 5.74) is -0.644. The molecule has 4 rings (SSSR count). The van der Waals surface area contributed by atoms with Crippen LogP contribution < -0.4 is 0 Å². The highest BCUT2D eigenvalue weighted by Gasteiger charge is 2.72. The number of hydrogen-bond acceptors (Lipinski definition) is 4. The van der Waals surface area contributed by atoms with Gasteiger partial charge in [-0.15, -0.1) is 0 Å². The lowest BCUT2D eigenvalue weighted by atomic mass is 9.64. The number of rotatable bonds is 3. The summed E-state index contributed by atoms with van der Waals surface area (Å²) in [7, 11) is 0. The Morgan fingerprint density at radius 1 is 1.30 bits per heavy atom. The number of Topliss-reactive ketones (excluding diaryl/α,β-unsaturated/α-hetero) is 1. The van der Waals surface area contributed by atoms with Crippen LogP contribution in [0.15, 0.2) is 30.3 Å². The molecule has 124 valence electrons. The Kier molecular flexibility index (Phi) is 3.42. The average Bonchev–Trinajstić information content (AvgIpc) is 3.08. The molecule has 1 aromatic rings. The smallest absolute Gasteiger partial charge is 0.165 e. The highest BCUT2D eigenvalue weighted by Crippen LogP contribution is 2.60. The van der Waals surface area contributed by atoms with E-state index in [0.29, 0.717) is 6.61 Å². The largest absolute Gasteiger partial charge is 0.388 e. The molecule has 2 heterocycles. The topological polar surface area (TPSA) is 55.8 Å². The van der Waals surface area contributed by atoms with E-state index in [2.05, 4.69) is 0 Å². The highest BCUT2D eigenvalue weighted by molar-refractivity contribution is 5.88. The molecule has 0 amide bonds. The van der Waals surface area contributed by atoms with Crippen molar-refractivity contribution in [3.05, 3.63) is 35.9 Å². The molecule has 1 aromatic carbocycles. The predicted octanol–water partition coefficient (Wildman–Crippen LogP) is 2.48. The molecule has 3 fully saturated rings. The number of aliphatic hydroxyl groups is 1. The van der Waals surface area contributed by atoms with Crippen molar-refractivity contribution in [2.75, 3.05) is 0 Å². The van der Waals surface area contributed by atoms with Gasteiger partial charge in [0.05, 0.1) is 29.8 Å². The average molecular weight is 316 g/mol. The van der Waals surface area contributed by atoms with E-state index in [1.54, 1.807) is 0 Å². The van der Waals surface area contributed by atoms with Crippen molar-refractivity contribution in [1.82, 2.24) is 0 Å². The van der Waals surface area contributed by atoms with Gasteiger partial charge < -0.3 is 14.6 Å². The van der Waals surface area contributed by atoms with E-state index in [9.17, 15) is 9.90 Å². The van der Waals surface area contributed by atoms with E-state index in [-0.39, 0.29) is 30.3 Å². The van der Waals surface area contributed by atoms with Gasteiger partial charge in [-0.25, -0.2) is 0 Å². The van der Waals surface area contributed by atoms with Crippen molar-refractivity contribution < 1.29 is 19.4 Å². The molecule has 2 bridgehead atoms. The van der Waals surface area contributed by atoms with Crippen molar-refractivity contribution >= 4 is 5.78 Å². The van der Waals surface area contributed by atoms with Gasteiger partial charge in [0.2, 0.25) is 0 Å². The van der Waals surface area contributed by atoms with Crippen LogP contribution >= 0.6 is 0 Å². The molecule has 1 saturated carbocycles. The minimum absolute atomic E-state index is 0.00827. The maximum atomic E-state index is 12.7. The normalized spacial score (nSPS) is 45.3. The number of fused-ring (bicyclic) bond motifs is 4. The summed E-state index contributed by atoms with van der Waals surface area (Å²) < 4.78 is 12.2. The number of carbonyl (C=O) groups is 1. The van der Waals surface area contributed by atoms with Crippen LogP contribution in [0.3, 0.4) is 0 Å². The van der Waals surface area contributed by atoms with Crippen LogP contribution in [0.1, 0.15) is 38.7 Å². The molecule has 0 radical (unpaired) electrons. The molecule has 0 spiro atoms. The summed E-state index contributed by atoms with van der Waals surface area (Å²) in [5.74, 6) is -0.0329. The zero-order valence-corrected chi connectivity index (χ0v) is 13.7. The van der Waals surface area contributed by atoms with Crippen LogP contribution in [0.2, 0.25) is 0 Å². The van der Waals surface area contributed by atoms with Gasteiger partial charge in [0.15, 0.2) is 5.78 Å². The van der Waals surface area contributed by atoms with E-state index in [0.717, 1.165) is 18.4 Å². The van der Waals surface area contributed by atoms with Crippen molar-refractivity contribution in [1.29, 1.82) is 0 Å². The van der Waals surface area contributed by atoms with Crippen molar-refractivity contribution in [2.24, 2.45) is 11.3 Å². The molecular formula is C19H24O4. The zero-order chi connectivity index (χ0) is 16.2. The van der Waals surface area contributed by atoms with Crippen LogP contribution in [-0.2, 0) is 20.9 Å². The highest BCUT2D eigenvalue weighted by atomic mass is 16.5. The molecule has 6 atom stereocenters. The maximum Gasteiger partial charge on any atom is 0.165 e. The van der Waals surface area contributed by atoms with E-state index in [4.69, 9.17) is 9.47 Å². The fraction of sp³-hybridized carbons (Fsp3) is 0.632. The van der Waals surface area contributed by atoms with Gasteiger partial charge in [-0.1, -0.05) is 44.2 Å². The second-order valence-corrected chi connectivity index (χ2v) is 7.56. The number of carbonyl (C=O) groups excluding carboxylic acids is 1. The fourth-order valence-corrected chi connectivity index (χ4v) is 5.01. The molecular weight excluding hydrogens is 292 g/mol. The van der Waals surface area contributed by atoms with E-state index in [1.807, 2.05) is 44.2 Å². The second kappa shape index (κ2) is 5.13. The Morgan fingerprint density at radius 2 is 2.04 bits per heavy atom. The lowest BCUT2D eigenvalue weighted by molar-refractivity contribution is -0.249. The van der Waals surface area contributed by atoms with Crippen LogP contribution in [0, 0.1) is 11.3 Å². The lowest BCUT2D eigenvalue weighted by Gasteiger charge is -2.52. The summed E-state index contributed by atoms with van der Waals surface area (Å²) in [6.07, 6.45) is 1.41. The van der Waals surface area contributed by atoms with E-state index < -0.39 is 17.1 Å². The molecule has 23 heavy (non-hydrogen) atoms. The fourth-order valence-electron chi connectivity index (χ4n) is 5.01. The Bertz CT molecular complexity index is 615.